The van der Waals surface area contributed by atoms with Gasteiger partial charge in [0.15, 0.2) is 0 Å². The van der Waals surface area contributed by atoms with Crippen molar-refractivity contribution in [3.8, 4) is 5.75 Å². The summed E-state index contributed by atoms with van der Waals surface area (Å²) in [6.45, 7) is 0.819. The van der Waals surface area contributed by atoms with E-state index in [0.717, 1.165) is 5.56 Å². The van der Waals surface area contributed by atoms with Gasteiger partial charge in [-0.3, -0.25) is 9.59 Å². The van der Waals surface area contributed by atoms with Crippen LogP contribution in [0.15, 0.2) is 42.5 Å². The summed E-state index contributed by atoms with van der Waals surface area (Å²) in [4.78, 5) is 21.1. The molecule has 0 bridgehead atoms. The molecular formula is C20H23N3O4. The van der Waals surface area contributed by atoms with Crippen LogP contribution in [0.3, 0.4) is 0 Å². The second-order valence-corrected chi connectivity index (χ2v) is 5.81. The number of hydrogen-bond donors (Lipinski definition) is 5. The van der Waals surface area contributed by atoms with Gasteiger partial charge in [0.2, 0.25) is 6.41 Å². The summed E-state index contributed by atoms with van der Waals surface area (Å²) in [5, 5.41) is 29.2. The van der Waals surface area contributed by atoms with Crippen molar-refractivity contribution in [1.29, 1.82) is 0 Å². The predicted octanol–water partition coefficient (Wildman–Crippen LogP) is 2.04. The lowest BCUT2D eigenvalue weighted by molar-refractivity contribution is -0.105. The first-order valence-electron chi connectivity index (χ1n) is 8.44. The third-order valence-electron chi connectivity index (χ3n) is 4.05. The van der Waals surface area contributed by atoms with Gasteiger partial charge in [0, 0.05) is 31.4 Å². The van der Waals surface area contributed by atoms with Crippen LogP contribution in [0.5, 0.6) is 5.75 Å². The zero-order valence-electron chi connectivity index (χ0n) is 15.0. The highest BCUT2D eigenvalue weighted by Crippen LogP contribution is 2.33. The van der Waals surface area contributed by atoms with E-state index in [1.54, 1.807) is 31.3 Å². The minimum Gasteiger partial charge on any atom is -0.506 e. The average Bonchev–Trinajstić information content (AvgIpc) is 2.67. The van der Waals surface area contributed by atoms with Crippen molar-refractivity contribution in [1.82, 2.24) is 5.32 Å². The highest BCUT2D eigenvalue weighted by Gasteiger charge is 2.16. The van der Waals surface area contributed by atoms with Crippen LogP contribution in [0, 0.1) is 0 Å². The standard InChI is InChI=1S/C20H23N3O4/c1-21-20-17(3-2-10-24)16(8-9-18(20)26)19(27)12-22-11-14-4-6-15(7-5-14)23-13-25/h2-10,13,19,21-22,26-27H,11-12H2,1H3,(H,23,25)/b3-2-. The molecule has 1 amide bonds. The van der Waals surface area contributed by atoms with Crippen LogP contribution >= 0.6 is 0 Å². The third-order valence-corrected chi connectivity index (χ3v) is 4.05. The van der Waals surface area contributed by atoms with E-state index in [-0.39, 0.29) is 12.3 Å². The SMILES string of the molecule is CNc1c(O)ccc(C(O)CNCc2ccc(NC=O)cc2)c1/C=C\C=O. The first kappa shape index (κ1) is 20.2. The lowest BCUT2D eigenvalue weighted by atomic mass is 9.99. The first-order valence-corrected chi connectivity index (χ1v) is 8.44. The molecule has 1 unspecified atom stereocenters. The van der Waals surface area contributed by atoms with Crippen molar-refractivity contribution in [2.45, 2.75) is 12.6 Å². The fourth-order valence-electron chi connectivity index (χ4n) is 2.74. The Bertz CT molecular complexity index is 804. The summed E-state index contributed by atoms with van der Waals surface area (Å²) in [6.07, 6.45) is 3.29. The summed E-state index contributed by atoms with van der Waals surface area (Å²) in [5.74, 6) is 0.0379. The van der Waals surface area contributed by atoms with Crippen molar-refractivity contribution in [2.75, 3.05) is 24.2 Å². The lowest BCUT2D eigenvalue weighted by Gasteiger charge is -2.18. The topological polar surface area (TPSA) is 111 Å². The Kier molecular flexibility index (Phi) is 7.54. The van der Waals surface area contributed by atoms with Crippen LogP contribution in [0.1, 0.15) is 22.8 Å². The number of phenols is 1. The van der Waals surface area contributed by atoms with E-state index < -0.39 is 6.10 Å². The molecule has 0 aliphatic rings. The van der Waals surface area contributed by atoms with E-state index in [1.807, 2.05) is 12.1 Å². The van der Waals surface area contributed by atoms with Crippen LogP contribution in [0.25, 0.3) is 6.08 Å². The average molecular weight is 369 g/mol. The molecule has 7 heteroatoms. The van der Waals surface area contributed by atoms with E-state index in [2.05, 4.69) is 16.0 Å². The Balaban J connectivity index is 2.06. The minimum absolute atomic E-state index is 0.0379. The van der Waals surface area contributed by atoms with Gasteiger partial charge in [0.05, 0.1) is 11.8 Å². The van der Waals surface area contributed by atoms with E-state index in [9.17, 15) is 19.8 Å². The summed E-state index contributed by atoms with van der Waals surface area (Å²) in [6, 6.07) is 10.5. The Hall–Kier alpha value is -3.16. The minimum atomic E-state index is -0.833. The molecule has 1 atom stereocenters. The Morgan fingerprint density at radius 1 is 1.11 bits per heavy atom. The molecule has 0 aliphatic carbocycles. The molecule has 2 rings (SSSR count). The van der Waals surface area contributed by atoms with Crippen LogP contribution in [-0.4, -0.2) is 36.5 Å². The molecule has 142 valence electrons. The zero-order valence-corrected chi connectivity index (χ0v) is 15.0. The summed E-state index contributed by atoms with van der Waals surface area (Å²) >= 11 is 0. The molecule has 7 nitrogen and oxygen atoms in total. The monoisotopic (exact) mass is 369 g/mol. The van der Waals surface area contributed by atoms with Gasteiger partial charge in [-0.25, -0.2) is 0 Å². The molecule has 27 heavy (non-hydrogen) atoms. The number of benzene rings is 2. The molecule has 0 aliphatic heterocycles. The van der Waals surface area contributed by atoms with Crippen LogP contribution in [-0.2, 0) is 16.1 Å². The van der Waals surface area contributed by atoms with Gasteiger partial charge in [-0.1, -0.05) is 18.2 Å². The molecule has 2 aromatic rings. The highest BCUT2D eigenvalue weighted by atomic mass is 16.3. The van der Waals surface area contributed by atoms with Crippen molar-refractivity contribution >= 4 is 30.1 Å². The Morgan fingerprint density at radius 2 is 1.85 bits per heavy atom. The van der Waals surface area contributed by atoms with Gasteiger partial charge in [-0.15, -0.1) is 0 Å². The summed E-state index contributed by atoms with van der Waals surface area (Å²) in [5.41, 5.74) is 3.31. The molecule has 0 spiro atoms. The van der Waals surface area contributed by atoms with Crippen molar-refractivity contribution in [3.63, 3.8) is 0 Å². The quantitative estimate of drug-likeness (QED) is 0.249. The number of aldehydes is 1. The number of nitrogens with one attached hydrogen (secondary N) is 3. The van der Waals surface area contributed by atoms with E-state index >= 15 is 0 Å². The number of hydrogen-bond acceptors (Lipinski definition) is 6. The second-order valence-electron chi connectivity index (χ2n) is 5.81. The molecule has 0 heterocycles. The molecule has 0 fully saturated rings. The van der Waals surface area contributed by atoms with E-state index in [4.69, 9.17) is 0 Å². The fraction of sp³-hybridized carbons (Fsp3) is 0.200. The van der Waals surface area contributed by atoms with Gasteiger partial charge in [-0.2, -0.15) is 0 Å². The third kappa shape index (κ3) is 5.40. The van der Waals surface area contributed by atoms with Crippen molar-refractivity contribution < 1.29 is 19.8 Å². The number of rotatable bonds is 10. The zero-order chi connectivity index (χ0) is 19.6. The predicted molar refractivity (Wildman–Crippen MR) is 106 cm³/mol. The maximum Gasteiger partial charge on any atom is 0.211 e. The van der Waals surface area contributed by atoms with E-state index in [0.29, 0.717) is 41.7 Å². The molecular weight excluding hydrogens is 346 g/mol. The highest BCUT2D eigenvalue weighted by molar-refractivity contribution is 5.81. The molecule has 0 saturated heterocycles. The molecule has 2 aromatic carbocycles. The number of carbonyl (C=O) groups excluding carboxylic acids is 2. The maximum absolute atomic E-state index is 10.7. The lowest BCUT2D eigenvalue weighted by Crippen LogP contribution is -2.21. The fourth-order valence-corrected chi connectivity index (χ4v) is 2.74. The van der Waals surface area contributed by atoms with Crippen LogP contribution in [0.4, 0.5) is 11.4 Å². The Morgan fingerprint density at radius 3 is 2.48 bits per heavy atom. The smallest absolute Gasteiger partial charge is 0.211 e. The number of amides is 1. The van der Waals surface area contributed by atoms with Gasteiger partial charge in [0.1, 0.15) is 12.0 Å². The van der Waals surface area contributed by atoms with Gasteiger partial charge < -0.3 is 26.2 Å². The molecule has 0 saturated carbocycles. The Labute approximate surface area is 157 Å². The summed E-state index contributed by atoms with van der Waals surface area (Å²) < 4.78 is 0. The van der Waals surface area contributed by atoms with Crippen molar-refractivity contribution in [3.05, 3.63) is 59.2 Å². The maximum atomic E-state index is 10.7. The second kappa shape index (κ2) is 10.1. The number of allylic oxidation sites excluding steroid dienone is 1. The largest absolute Gasteiger partial charge is 0.506 e. The molecule has 0 radical (unpaired) electrons. The van der Waals surface area contributed by atoms with Crippen molar-refractivity contribution in [2.24, 2.45) is 0 Å². The number of anilines is 2. The van der Waals surface area contributed by atoms with Crippen LogP contribution in [0.2, 0.25) is 0 Å². The number of carbonyl (C=O) groups is 2. The number of aliphatic hydroxyl groups is 1. The number of phenolic OH excluding ortho intramolecular Hbond substituents is 1. The normalized spacial score (nSPS) is 11.9. The number of aliphatic hydroxyl groups excluding tert-OH is 1. The summed E-state index contributed by atoms with van der Waals surface area (Å²) in [7, 11) is 1.66. The number of aromatic hydroxyl groups is 1. The van der Waals surface area contributed by atoms with Gasteiger partial charge in [0.25, 0.3) is 0 Å². The van der Waals surface area contributed by atoms with Gasteiger partial charge in [-0.05, 0) is 41.5 Å². The van der Waals surface area contributed by atoms with Crippen LogP contribution < -0.4 is 16.0 Å². The van der Waals surface area contributed by atoms with Gasteiger partial charge >= 0.3 is 0 Å². The van der Waals surface area contributed by atoms with E-state index in [1.165, 1.54) is 12.1 Å². The first-order chi connectivity index (χ1) is 13.1. The molecule has 0 aromatic heterocycles. The molecule has 5 N–H and O–H groups in total.